The molecule has 0 aliphatic rings. The number of nitrogens with zero attached hydrogens (tertiary/aromatic N) is 2. The van der Waals surface area contributed by atoms with E-state index < -0.39 is 5.97 Å². The van der Waals surface area contributed by atoms with E-state index in [1.807, 2.05) is 37.3 Å². The molecule has 2 aromatic carbocycles. The minimum Gasteiger partial charge on any atom is -0.461 e. The number of aryl methyl sites for hydroxylation is 1. The molecule has 1 aromatic heterocycles. The Labute approximate surface area is 190 Å². The van der Waals surface area contributed by atoms with E-state index in [0.717, 1.165) is 30.6 Å². The maximum atomic E-state index is 12.4. The fraction of sp³-hybridized carbons (Fsp3) is 0.292. The number of halogens is 1. The predicted molar refractivity (Wildman–Crippen MR) is 124 cm³/mol. The van der Waals surface area contributed by atoms with Crippen molar-refractivity contribution in [3.63, 3.8) is 0 Å². The van der Waals surface area contributed by atoms with Gasteiger partial charge in [-0.3, -0.25) is 4.79 Å². The monoisotopic (exact) mass is 483 g/mol. The van der Waals surface area contributed by atoms with E-state index >= 15 is 0 Å². The first kappa shape index (κ1) is 22.7. The zero-order valence-corrected chi connectivity index (χ0v) is 19.3. The van der Waals surface area contributed by atoms with Gasteiger partial charge in [-0.2, -0.15) is 5.10 Å². The van der Waals surface area contributed by atoms with Crippen LogP contribution in [-0.2, 0) is 11.2 Å². The average Bonchev–Trinajstić information content (AvgIpc) is 3.09. The van der Waals surface area contributed by atoms with Crippen molar-refractivity contribution in [3.05, 3.63) is 81.6 Å². The van der Waals surface area contributed by atoms with E-state index in [4.69, 9.17) is 4.74 Å². The van der Waals surface area contributed by atoms with Crippen molar-refractivity contribution in [2.45, 2.75) is 33.1 Å². The second kappa shape index (κ2) is 10.9. The number of esters is 1. The SMILES string of the molecule is CCOC(=O)c1nn(-c2ccc(C(=O)NCCCCc3ccccc3)cc2)c(C)c1Br. The third-order valence-corrected chi connectivity index (χ3v) is 5.86. The zero-order valence-electron chi connectivity index (χ0n) is 17.7. The Morgan fingerprint density at radius 1 is 1.06 bits per heavy atom. The lowest BCUT2D eigenvalue weighted by molar-refractivity contribution is 0.0517. The third kappa shape index (κ3) is 5.82. The average molecular weight is 484 g/mol. The smallest absolute Gasteiger partial charge is 0.360 e. The molecule has 0 spiro atoms. The van der Waals surface area contributed by atoms with Crippen LogP contribution in [0.2, 0.25) is 0 Å². The summed E-state index contributed by atoms with van der Waals surface area (Å²) in [6, 6.07) is 17.5. The Morgan fingerprint density at radius 3 is 2.45 bits per heavy atom. The lowest BCUT2D eigenvalue weighted by Crippen LogP contribution is -2.24. The highest BCUT2D eigenvalue weighted by atomic mass is 79.9. The Bertz CT molecular complexity index is 1030. The summed E-state index contributed by atoms with van der Waals surface area (Å²) < 4.78 is 7.30. The summed E-state index contributed by atoms with van der Waals surface area (Å²) in [4.78, 5) is 24.5. The Balaban J connectivity index is 1.55. The number of rotatable bonds is 9. The number of amides is 1. The van der Waals surface area contributed by atoms with E-state index in [1.165, 1.54) is 5.56 Å². The van der Waals surface area contributed by atoms with Crippen molar-refractivity contribution in [1.29, 1.82) is 0 Å². The highest BCUT2D eigenvalue weighted by Gasteiger charge is 2.20. The molecular formula is C24H26BrN3O3. The first-order valence-corrected chi connectivity index (χ1v) is 11.2. The molecule has 0 unspecified atom stereocenters. The molecule has 162 valence electrons. The molecule has 0 atom stereocenters. The van der Waals surface area contributed by atoms with Crippen molar-refractivity contribution in [3.8, 4) is 5.69 Å². The first-order chi connectivity index (χ1) is 15.0. The van der Waals surface area contributed by atoms with Crippen LogP contribution < -0.4 is 5.32 Å². The predicted octanol–water partition coefficient (Wildman–Crippen LogP) is 4.87. The molecule has 0 bridgehead atoms. The number of hydrogen-bond donors (Lipinski definition) is 1. The summed E-state index contributed by atoms with van der Waals surface area (Å²) in [6.45, 7) is 4.54. The maximum Gasteiger partial charge on any atom is 0.360 e. The molecule has 0 radical (unpaired) electrons. The van der Waals surface area contributed by atoms with Gasteiger partial charge in [-0.1, -0.05) is 30.3 Å². The largest absolute Gasteiger partial charge is 0.461 e. The van der Waals surface area contributed by atoms with Crippen LogP contribution in [0.3, 0.4) is 0 Å². The Morgan fingerprint density at radius 2 is 1.77 bits per heavy atom. The molecule has 0 fully saturated rings. The van der Waals surface area contributed by atoms with Crippen LogP contribution in [0.25, 0.3) is 5.69 Å². The van der Waals surface area contributed by atoms with Crippen LogP contribution in [0.15, 0.2) is 59.1 Å². The molecule has 1 amide bonds. The van der Waals surface area contributed by atoms with E-state index in [9.17, 15) is 9.59 Å². The zero-order chi connectivity index (χ0) is 22.2. The van der Waals surface area contributed by atoms with Gasteiger partial charge in [0.25, 0.3) is 5.91 Å². The van der Waals surface area contributed by atoms with Gasteiger partial charge < -0.3 is 10.1 Å². The number of hydrogen-bond acceptors (Lipinski definition) is 4. The van der Waals surface area contributed by atoms with Crippen LogP contribution in [0.1, 0.15) is 51.9 Å². The number of ether oxygens (including phenoxy) is 1. The van der Waals surface area contributed by atoms with Crippen LogP contribution in [0.4, 0.5) is 0 Å². The van der Waals surface area contributed by atoms with Crippen molar-refractivity contribution in [1.82, 2.24) is 15.1 Å². The number of carbonyl (C=O) groups is 2. The molecule has 1 N–H and O–H groups in total. The van der Waals surface area contributed by atoms with E-state index in [-0.39, 0.29) is 18.2 Å². The van der Waals surface area contributed by atoms with Gasteiger partial charge in [0, 0.05) is 12.1 Å². The highest BCUT2D eigenvalue weighted by Crippen LogP contribution is 2.24. The van der Waals surface area contributed by atoms with Gasteiger partial charge in [-0.05, 0) is 78.9 Å². The number of aromatic nitrogens is 2. The molecule has 0 saturated carbocycles. The summed E-state index contributed by atoms with van der Waals surface area (Å²) in [6.07, 6.45) is 2.97. The summed E-state index contributed by atoms with van der Waals surface area (Å²) in [5.41, 5.74) is 3.67. The lowest BCUT2D eigenvalue weighted by Gasteiger charge is -2.08. The topological polar surface area (TPSA) is 73.2 Å². The molecule has 3 aromatic rings. The maximum absolute atomic E-state index is 12.4. The lowest BCUT2D eigenvalue weighted by atomic mass is 10.1. The number of nitrogens with one attached hydrogen (secondary N) is 1. The molecule has 0 aliphatic carbocycles. The van der Waals surface area contributed by atoms with Gasteiger partial charge >= 0.3 is 5.97 Å². The quantitative estimate of drug-likeness (QED) is 0.347. The molecular weight excluding hydrogens is 458 g/mol. The van der Waals surface area contributed by atoms with Crippen molar-refractivity contribution in [2.24, 2.45) is 0 Å². The van der Waals surface area contributed by atoms with Gasteiger partial charge in [0.1, 0.15) is 0 Å². The van der Waals surface area contributed by atoms with Crippen molar-refractivity contribution in [2.75, 3.05) is 13.2 Å². The summed E-state index contributed by atoms with van der Waals surface area (Å²) in [7, 11) is 0. The van der Waals surface area contributed by atoms with Crippen LogP contribution in [0.5, 0.6) is 0 Å². The second-order valence-electron chi connectivity index (χ2n) is 7.13. The number of unbranched alkanes of at least 4 members (excludes halogenated alkanes) is 1. The Kier molecular flexibility index (Phi) is 8.00. The highest BCUT2D eigenvalue weighted by molar-refractivity contribution is 9.10. The molecule has 0 saturated heterocycles. The molecule has 6 nitrogen and oxygen atoms in total. The van der Waals surface area contributed by atoms with E-state index in [0.29, 0.717) is 16.6 Å². The minimum atomic E-state index is -0.473. The molecule has 3 rings (SSSR count). The normalized spacial score (nSPS) is 10.7. The molecule has 31 heavy (non-hydrogen) atoms. The van der Waals surface area contributed by atoms with Crippen molar-refractivity contribution >= 4 is 27.8 Å². The summed E-state index contributed by atoms with van der Waals surface area (Å²) >= 11 is 3.41. The summed E-state index contributed by atoms with van der Waals surface area (Å²) in [5.74, 6) is -0.573. The molecule has 1 heterocycles. The summed E-state index contributed by atoms with van der Waals surface area (Å²) in [5, 5.41) is 7.33. The second-order valence-corrected chi connectivity index (χ2v) is 7.92. The fourth-order valence-corrected chi connectivity index (χ4v) is 3.63. The fourth-order valence-electron chi connectivity index (χ4n) is 3.22. The van der Waals surface area contributed by atoms with Gasteiger partial charge in [-0.25, -0.2) is 9.48 Å². The standard InChI is InChI=1S/C24H26BrN3O3/c1-3-31-24(30)22-21(25)17(2)28(27-22)20-14-12-19(13-15-20)23(29)26-16-8-7-11-18-9-5-4-6-10-18/h4-6,9-10,12-15H,3,7-8,11,16H2,1-2H3,(H,26,29). The first-order valence-electron chi connectivity index (χ1n) is 10.4. The van der Waals surface area contributed by atoms with Crippen LogP contribution in [-0.4, -0.2) is 34.8 Å². The van der Waals surface area contributed by atoms with E-state index in [1.54, 1.807) is 23.7 Å². The third-order valence-electron chi connectivity index (χ3n) is 4.91. The van der Waals surface area contributed by atoms with Gasteiger partial charge in [0.05, 0.1) is 22.5 Å². The van der Waals surface area contributed by atoms with Gasteiger partial charge in [0.2, 0.25) is 0 Å². The molecule has 0 aliphatic heterocycles. The number of carbonyl (C=O) groups excluding carboxylic acids is 2. The van der Waals surface area contributed by atoms with Crippen molar-refractivity contribution < 1.29 is 14.3 Å². The van der Waals surface area contributed by atoms with E-state index in [2.05, 4.69) is 38.5 Å². The minimum absolute atomic E-state index is 0.100. The molecule has 7 heteroatoms. The van der Waals surface area contributed by atoms with Crippen LogP contribution >= 0.6 is 15.9 Å². The Hall–Kier alpha value is -2.93. The van der Waals surface area contributed by atoms with Gasteiger partial charge in [0.15, 0.2) is 5.69 Å². The van der Waals surface area contributed by atoms with Gasteiger partial charge in [-0.15, -0.1) is 0 Å². The number of benzene rings is 2. The van der Waals surface area contributed by atoms with Crippen LogP contribution in [0, 0.1) is 6.92 Å².